The molecule has 0 bridgehead atoms. The second kappa shape index (κ2) is 9.72. The van der Waals surface area contributed by atoms with Crippen molar-refractivity contribution in [1.29, 1.82) is 0 Å². The van der Waals surface area contributed by atoms with E-state index in [0.717, 1.165) is 16.8 Å². The van der Waals surface area contributed by atoms with Crippen molar-refractivity contribution >= 4 is 23.5 Å². The van der Waals surface area contributed by atoms with Crippen molar-refractivity contribution in [1.82, 2.24) is 4.90 Å². The molecule has 0 aliphatic carbocycles. The minimum atomic E-state index is -1.34. The van der Waals surface area contributed by atoms with Crippen LogP contribution in [0.1, 0.15) is 37.8 Å². The third-order valence-corrected chi connectivity index (χ3v) is 8.56. The topological polar surface area (TPSA) is 96.4 Å². The van der Waals surface area contributed by atoms with Crippen LogP contribution in [-0.2, 0) is 23.9 Å². The molecule has 1 aromatic rings. The lowest BCUT2D eigenvalue weighted by Gasteiger charge is -2.40. The van der Waals surface area contributed by atoms with Crippen LogP contribution < -0.4 is 4.90 Å². The van der Waals surface area contributed by atoms with E-state index in [9.17, 15) is 19.5 Å². The number of anilines is 1. The normalized spacial score (nSPS) is 32.7. The summed E-state index contributed by atoms with van der Waals surface area (Å²) in [7, 11) is 0. The Kier molecular flexibility index (Phi) is 6.75. The number of cyclic esters (lactones) is 1. The van der Waals surface area contributed by atoms with Crippen LogP contribution >= 0.6 is 0 Å². The van der Waals surface area contributed by atoms with E-state index in [0.29, 0.717) is 19.4 Å². The number of esters is 1. The second-order valence-corrected chi connectivity index (χ2v) is 10.7. The summed E-state index contributed by atoms with van der Waals surface area (Å²) in [6, 6.07) is 4.33. The maximum absolute atomic E-state index is 14.5. The maximum Gasteiger partial charge on any atom is 0.312 e. The number of aliphatic hydroxyl groups excluding tert-OH is 1. The van der Waals surface area contributed by atoms with Gasteiger partial charge in [0.1, 0.15) is 17.6 Å². The number of ether oxygens (including phenoxy) is 2. The van der Waals surface area contributed by atoms with Crippen molar-refractivity contribution in [2.45, 2.75) is 64.3 Å². The number of aryl methyl sites for hydroxylation is 2. The molecule has 1 aromatic carbocycles. The number of rotatable bonds is 5. The number of hydrogen-bond acceptors (Lipinski definition) is 6. The Hall–Kier alpha value is -2.97. The summed E-state index contributed by atoms with van der Waals surface area (Å²) in [4.78, 5) is 45.3. The number of hydrogen-bond donors (Lipinski definition) is 1. The molecule has 4 heterocycles. The number of amides is 2. The molecule has 0 aromatic heterocycles. The molecule has 0 saturated carbocycles. The first-order valence-electron chi connectivity index (χ1n) is 13.3. The summed E-state index contributed by atoms with van der Waals surface area (Å²) in [6.07, 6.45) is 8.02. The molecular formula is C29H36N2O6. The second-order valence-electron chi connectivity index (χ2n) is 10.7. The average molecular weight is 509 g/mol. The highest BCUT2D eigenvalue weighted by Crippen LogP contribution is 2.54. The van der Waals surface area contributed by atoms with Crippen LogP contribution in [0.5, 0.6) is 0 Å². The van der Waals surface area contributed by atoms with Gasteiger partial charge in [0.05, 0.1) is 31.3 Å². The molecule has 7 atom stereocenters. The van der Waals surface area contributed by atoms with Crippen molar-refractivity contribution in [2.75, 3.05) is 24.7 Å². The fourth-order valence-electron chi connectivity index (χ4n) is 6.44. The summed E-state index contributed by atoms with van der Waals surface area (Å²) < 4.78 is 12.1. The van der Waals surface area contributed by atoms with Gasteiger partial charge in [-0.3, -0.25) is 14.4 Å². The zero-order valence-corrected chi connectivity index (χ0v) is 21.9. The summed E-state index contributed by atoms with van der Waals surface area (Å²) in [5.74, 6) is -2.96. The van der Waals surface area contributed by atoms with E-state index >= 15 is 0 Å². The molecule has 37 heavy (non-hydrogen) atoms. The lowest BCUT2D eigenvalue weighted by molar-refractivity contribution is -0.155. The third-order valence-electron chi connectivity index (χ3n) is 8.56. The van der Waals surface area contributed by atoms with Crippen LogP contribution in [0.2, 0.25) is 0 Å². The van der Waals surface area contributed by atoms with Crippen LogP contribution in [0.4, 0.5) is 5.69 Å². The minimum absolute atomic E-state index is 0.0704. The van der Waals surface area contributed by atoms with Crippen molar-refractivity contribution < 1.29 is 29.0 Å². The van der Waals surface area contributed by atoms with Crippen LogP contribution in [0, 0.1) is 31.6 Å². The molecule has 0 radical (unpaired) electrons. The molecule has 198 valence electrons. The number of fused-ring (bicyclic) bond motifs is 2. The van der Waals surface area contributed by atoms with Gasteiger partial charge in [0.25, 0.3) is 5.91 Å². The fourth-order valence-corrected chi connectivity index (χ4v) is 6.44. The number of carbonyl (C=O) groups excluding carboxylic acids is 3. The van der Waals surface area contributed by atoms with Gasteiger partial charge >= 0.3 is 5.97 Å². The molecule has 8 nitrogen and oxygen atoms in total. The van der Waals surface area contributed by atoms with E-state index in [1.54, 1.807) is 4.90 Å². The molecule has 2 amide bonds. The first-order valence-corrected chi connectivity index (χ1v) is 13.3. The number of benzene rings is 1. The molecule has 4 aliphatic heterocycles. The van der Waals surface area contributed by atoms with Gasteiger partial charge in [-0.2, -0.15) is 0 Å². The van der Waals surface area contributed by atoms with Gasteiger partial charge in [-0.05, 0) is 43.4 Å². The highest BCUT2D eigenvalue weighted by molar-refractivity contribution is 6.06. The predicted molar refractivity (Wildman–Crippen MR) is 138 cm³/mol. The van der Waals surface area contributed by atoms with E-state index < -0.39 is 41.6 Å². The van der Waals surface area contributed by atoms with Gasteiger partial charge in [0.15, 0.2) is 0 Å². The Morgan fingerprint density at radius 1 is 1.16 bits per heavy atom. The summed E-state index contributed by atoms with van der Waals surface area (Å²) in [6.45, 7) is 8.14. The lowest BCUT2D eigenvalue weighted by Crippen LogP contribution is -2.59. The fraction of sp³-hybridized carbons (Fsp3) is 0.552. The average Bonchev–Trinajstić information content (AvgIpc) is 3.25. The van der Waals surface area contributed by atoms with E-state index in [-0.39, 0.29) is 30.9 Å². The quantitative estimate of drug-likeness (QED) is 0.485. The molecule has 1 unspecified atom stereocenters. The van der Waals surface area contributed by atoms with Gasteiger partial charge in [-0.15, -0.1) is 0 Å². The first-order chi connectivity index (χ1) is 17.7. The van der Waals surface area contributed by atoms with Gasteiger partial charge < -0.3 is 24.4 Å². The highest BCUT2D eigenvalue weighted by atomic mass is 16.6. The van der Waals surface area contributed by atoms with Crippen LogP contribution in [-0.4, -0.2) is 71.3 Å². The van der Waals surface area contributed by atoms with E-state index in [1.807, 2.05) is 70.2 Å². The van der Waals surface area contributed by atoms with Crippen molar-refractivity contribution in [3.05, 3.63) is 53.6 Å². The smallest absolute Gasteiger partial charge is 0.312 e. The van der Waals surface area contributed by atoms with Crippen molar-refractivity contribution in [2.24, 2.45) is 17.8 Å². The molecule has 5 rings (SSSR count). The monoisotopic (exact) mass is 508 g/mol. The molecule has 1 N–H and O–H groups in total. The maximum atomic E-state index is 14.5. The standard InChI is InChI=1S/C29H36N2O6/c1-5-18(3)21(16-32)31-25-27(34)30(20-15-17(2)10-11-19(20)4)13-8-12-29(25)24(26(31)33)23-22(37-29)9-6-7-14-36-28(23)35/h6,8-12,15,18,21-25,32H,5,7,13-14,16H2,1-4H3/t18-,21-,22+,23-,24-,25?,29-/m0/s1. The van der Waals surface area contributed by atoms with E-state index in [2.05, 4.69) is 0 Å². The number of nitrogens with zero attached hydrogens (tertiary/aromatic N) is 2. The zero-order valence-electron chi connectivity index (χ0n) is 21.9. The SMILES string of the molecule is CC[C@H](C)[C@H](CO)N1C(=O)[C@@H]2[C@H]3C(=O)OCCC=C[C@H]3O[C@@]23C=CCN(c2cc(C)ccc2C)C(=O)C13. The van der Waals surface area contributed by atoms with Gasteiger partial charge in [-0.25, -0.2) is 0 Å². The van der Waals surface area contributed by atoms with Crippen LogP contribution in [0.25, 0.3) is 0 Å². The van der Waals surface area contributed by atoms with Crippen molar-refractivity contribution in [3.63, 3.8) is 0 Å². The highest BCUT2D eigenvalue weighted by Gasteiger charge is 2.72. The van der Waals surface area contributed by atoms with E-state index in [4.69, 9.17) is 9.47 Å². The Labute approximate surface area is 217 Å². The Balaban J connectivity index is 1.68. The van der Waals surface area contributed by atoms with Crippen LogP contribution in [0.3, 0.4) is 0 Å². The third kappa shape index (κ3) is 3.92. The largest absolute Gasteiger partial charge is 0.465 e. The Morgan fingerprint density at radius 3 is 2.68 bits per heavy atom. The van der Waals surface area contributed by atoms with Gasteiger partial charge in [0, 0.05) is 12.2 Å². The van der Waals surface area contributed by atoms with E-state index in [1.165, 1.54) is 4.90 Å². The summed E-state index contributed by atoms with van der Waals surface area (Å²) >= 11 is 0. The molecular weight excluding hydrogens is 472 g/mol. The number of likely N-dealkylation sites (tertiary alicyclic amines) is 1. The Morgan fingerprint density at radius 2 is 1.95 bits per heavy atom. The van der Waals surface area contributed by atoms with Crippen LogP contribution in [0.15, 0.2) is 42.5 Å². The molecule has 2 saturated heterocycles. The predicted octanol–water partition coefficient (Wildman–Crippen LogP) is 2.70. The summed E-state index contributed by atoms with van der Waals surface area (Å²) in [5.41, 5.74) is 1.39. The zero-order chi connectivity index (χ0) is 26.5. The Bertz CT molecular complexity index is 1160. The van der Waals surface area contributed by atoms with Gasteiger partial charge in [0.2, 0.25) is 5.91 Å². The number of aliphatic hydroxyl groups is 1. The minimum Gasteiger partial charge on any atom is -0.465 e. The lowest BCUT2D eigenvalue weighted by atomic mass is 9.77. The number of carbonyl (C=O) groups is 3. The molecule has 1 spiro atoms. The molecule has 8 heteroatoms. The first kappa shape index (κ1) is 25.7. The molecule has 4 aliphatic rings. The molecule has 2 fully saturated rings. The van der Waals surface area contributed by atoms with Gasteiger partial charge in [-0.1, -0.05) is 56.7 Å². The summed E-state index contributed by atoms with van der Waals surface area (Å²) in [5, 5.41) is 10.5. The van der Waals surface area contributed by atoms with Crippen molar-refractivity contribution in [3.8, 4) is 0 Å².